The van der Waals surface area contributed by atoms with Gasteiger partial charge in [-0.1, -0.05) is 72.9 Å². The number of unbranched alkanes of at least 4 members (excludes halogenated alkanes) is 1. The minimum absolute atomic E-state index is 0.0128. The van der Waals surface area contributed by atoms with Crippen LogP contribution in [0.2, 0.25) is 10.0 Å². The van der Waals surface area contributed by atoms with Gasteiger partial charge in [0.15, 0.2) is 0 Å². The van der Waals surface area contributed by atoms with Gasteiger partial charge in [-0.3, -0.25) is 13.9 Å². The lowest BCUT2D eigenvalue weighted by molar-refractivity contribution is -0.139. The van der Waals surface area contributed by atoms with Gasteiger partial charge in [0.05, 0.1) is 11.9 Å². The number of benzene rings is 3. The fourth-order valence-corrected chi connectivity index (χ4v) is 5.33. The Morgan fingerprint density at radius 3 is 2.29 bits per heavy atom. The van der Waals surface area contributed by atoms with Crippen LogP contribution in [0.5, 0.6) is 5.75 Å². The minimum Gasteiger partial charge on any atom is -0.489 e. The van der Waals surface area contributed by atoms with E-state index in [-0.39, 0.29) is 18.1 Å². The fraction of sp³-hybridized carbons (Fsp3) is 0.333. The van der Waals surface area contributed by atoms with Crippen LogP contribution in [0.4, 0.5) is 5.69 Å². The summed E-state index contributed by atoms with van der Waals surface area (Å²) >= 11 is 12.4. The second-order valence-corrected chi connectivity index (χ2v) is 12.4. The summed E-state index contributed by atoms with van der Waals surface area (Å²) in [6.07, 6.45) is 2.72. The Balaban J connectivity index is 1.82. The van der Waals surface area contributed by atoms with Crippen molar-refractivity contribution >= 4 is 50.7 Å². The molecule has 0 aliphatic heterocycles. The van der Waals surface area contributed by atoms with Crippen molar-refractivity contribution in [3.63, 3.8) is 0 Å². The standard InChI is InChI=1S/C30H35Cl2N3O5S/c1-4-5-17-33-30(37)22(2)34(19-24-11-12-25(31)18-28(24)32)29(36)20-35(41(3,38)39)26-13-15-27(16-14-26)40-21-23-9-7-6-8-10-23/h6-16,18,22H,4-5,17,19-21H2,1-3H3,(H,33,37). The first-order valence-electron chi connectivity index (χ1n) is 13.2. The van der Waals surface area contributed by atoms with Gasteiger partial charge in [-0.15, -0.1) is 0 Å². The van der Waals surface area contributed by atoms with Gasteiger partial charge in [-0.05, 0) is 60.9 Å². The second kappa shape index (κ2) is 15.1. The maximum atomic E-state index is 13.7. The summed E-state index contributed by atoms with van der Waals surface area (Å²) in [5.74, 6) is -0.361. The molecule has 0 saturated heterocycles. The average Bonchev–Trinajstić information content (AvgIpc) is 2.94. The molecule has 0 bridgehead atoms. The summed E-state index contributed by atoms with van der Waals surface area (Å²) in [5.41, 5.74) is 1.86. The van der Waals surface area contributed by atoms with Crippen molar-refractivity contribution in [3.8, 4) is 5.75 Å². The van der Waals surface area contributed by atoms with Gasteiger partial charge < -0.3 is 15.0 Å². The predicted octanol–water partition coefficient (Wildman–Crippen LogP) is 5.67. The molecule has 0 aliphatic rings. The van der Waals surface area contributed by atoms with Crippen LogP contribution < -0.4 is 14.4 Å². The lowest BCUT2D eigenvalue weighted by Crippen LogP contribution is -2.51. The van der Waals surface area contributed by atoms with Crippen molar-refractivity contribution in [1.29, 1.82) is 0 Å². The fourth-order valence-electron chi connectivity index (χ4n) is 4.02. The first kappa shape index (κ1) is 32.2. The van der Waals surface area contributed by atoms with Gasteiger partial charge in [0.1, 0.15) is 24.9 Å². The predicted molar refractivity (Wildman–Crippen MR) is 164 cm³/mol. The molecule has 0 fully saturated rings. The third kappa shape index (κ3) is 9.66. The number of rotatable bonds is 14. The Kier molecular flexibility index (Phi) is 11.9. The monoisotopic (exact) mass is 619 g/mol. The van der Waals surface area contributed by atoms with Gasteiger partial charge in [0, 0.05) is 23.1 Å². The van der Waals surface area contributed by atoms with E-state index in [1.54, 1.807) is 49.4 Å². The number of halogens is 2. The molecule has 3 aromatic rings. The molecule has 8 nitrogen and oxygen atoms in total. The highest BCUT2D eigenvalue weighted by molar-refractivity contribution is 7.92. The number of nitrogens with zero attached hydrogens (tertiary/aromatic N) is 2. The molecular weight excluding hydrogens is 585 g/mol. The van der Waals surface area contributed by atoms with E-state index in [0.29, 0.717) is 34.5 Å². The molecule has 41 heavy (non-hydrogen) atoms. The quantitative estimate of drug-likeness (QED) is 0.234. The van der Waals surface area contributed by atoms with E-state index in [2.05, 4.69) is 5.32 Å². The van der Waals surface area contributed by atoms with Crippen molar-refractivity contribution < 1.29 is 22.7 Å². The number of hydrogen-bond acceptors (Lipinski definition) is 5. The summed E-state index contributed by atoms with van der Waals surface area (Å²) < 4.78 is 32.5. The molecule has 1 unspecified atom stereocenters. The molecule has 11 heteroatoms. The van der Waals surface area contributed by atoms with Crippen molar-refractivity contribution in [2.45, 2.75) is 45.9 Å². The molecule has 0 spiro atoms. The second-order valence-electron chi connectivity index (χ2n) is 9.62. The maximum absolute atomic E-state index is 13.7. The van der Waals surface area contributed by atoms with Crippen molar-refractivity contribution in [2.75, 3.05) is 23.7 Å². The first-order valence-corrected chi connectivity index (χ1v) is 15.9. The maximum Gasteiger partial charge on any atom is 0.244 e. The summed E-state index contributed by atoms with van der Waals surface area (Å²) in [4.78, 5) is 28.0. The Morgan fingerprint density at radius 1 is 1.00 bits per heavy atom. The average molecular weight is 621 g/mol. The number of carbonyl (C=O) groups is 2. The topological polar surface area (TPSA) is 96.0 Å². The number of carbonyl (C=O) groups excluding carboxylic acids is 2. The lowest BCUT2D eigenvalue weighted by atomic mass is 10.1. The Bertz CT molecular complexity index is 1420. The highest BCUT2D eigenvalue weighted by Crippen LogP contribution is 2.25. The Hall–Kier alpha value is -3.27. The van der Waals surface area contributed by atoms with Crippen molar-refractivity contribution in [3.05, 3.63) is 94.0 Å². The SMILES string of the molecule is CCCCNC(=O)C(C)N(Cc1ccc(Cl)cc1Cl)C(=O)CN(c1ccc(OCc2ccccc2)cc1)S(C)(=O)=O. The molecule has 0 aliphatic carbocycles. The molecule has 1 atom stereocenters. The molecular formula is C30H35Cl2N3O5S. The van der Waals surface area contributed by atoms with Crippen LogP contribution in [0, 0.1) is 0 Å². The molecule has 3 aromatic carbocycles. The zero-order valence-electron chi connectivity index (χ0n) is 23.3. The molecule has 1 N–H and O–H groups in total. The van der Waals surface area contributed by atoms with Gasteiger partial charge >= 0.3 is 0 Å². The first-order chi connectivity index (χ1) is 19.5. The number of anilines is 1. The number of hydrogen-bond donors (Lipinski definition) is 1. The lowest BCUT2D eigenvalue weighted by Gasteiger charge is -2.31. The van der Waals surface area contributed by atoms with E-state index in [1.165, 1.54) is 4.90 Å². The van der Waals surface area contributed by atoms with E-state index in [4.69, 9.17) is 27.9 Å². The normalized spacial score (nSPS) is 11.9. The van der Waals surface area contributed by atoms with E-state index in [1.807, 2.05) is 37.3 Å². The molecule has 0 heterocycles. The summed E-state index contributed by atoms with van der Waals surface area (Å²) in [6, 6.07) is 20.1. The molecule has 220 valence electrons. The van der Waals surface area contributed by atoms with Crippen molar-refractivity contribution in [1.82, 2.24) is 10.2 Å². The molecule has 0 aromatic heterocycles. The van der Waals surface area contributed by atoms with E-state index >= 15 is 0 Å². The van der Waals surface area contributed by atoms with Crippen LogP contribution in [0.3, 0.4) is 0 Å². The molecule has 2 amide bonds. The Morgan fingerprint density at radius 2 is 1.68 bits per heavy atom. The van der Waals surface area contributed by atoms with E-state index in [9.17, 15) is 18.0 Å². The molecule has 0 saturated carbocycles. The van der Waals surface area contributed by atoms with Crippen LogP contribution in [0.15, 0.2) is 72.8 Å². The molecule has 3 rings (SSSR count). The summed E-state index contributed by atoms with van der Waals surface area (Å²) in [7, 11) is -3.86. The number of ether oxygens (including phenoxy) is 1. The van der Waals surface area contributed by atoms with Gasteiger partial charge in [0.25, 0.3) is 0 Å². The minimum atomic E-state index is -3.86. The van der Waals surface area contributed by atoms with Crippen LogP contribution in [0.25, 0.3) is 0 Å². The zero-order chi connectivity index (χ0) is 30.0. The van der Waals surface area contributed by atoms with Gasteiger partial charge in [0.2, 0.25) is 21.8 Å². The third-order valence-electron chi connectivity index (χ3n) is 6.40. The molecule has 0 radical (unpaired) electrons. The zero-order valence-corrected chi connectivity index (χ0v) is 25.7. The highest BCUT2D eigenvalue weighted by atomic mass is 35.5. The van der Waals surface area contributed by atoms with Crippen LogP contribution in [-0.4, -0.2) is 50.5 Å². The smallest absolute Gasteiger partial charge is 0.244 e. The van der Waals surface area contributed by atoms with Crippen molar-refractivity contribution in [2.24, 2.45) is 0 Å². The number of nitrogens with one attached hydrogen (secondary N) is 1. The van der Waals surface area contributed by atoms with Gasteiger partial charge in [-0.25, -0.2) is 8.42 Å². The van der Waals surface area contributed by atoms with Gasteiger partial charge in [-0.2, -0.15) is 0 Å². The van der Waals surface area contributed by atoms with Crippen LogP contribution in [0.1, 0.15) is 37.8 Å². The van der Waals surface area contributed by atoms with Crippen LogP contribution in [-0.2, 0) is 32.8 Å². The Labute approximate surface area is 252 Å². The third-order valence-corrected chi connectivity index (χ3v) is 8.13. The largest absolute Gasteiger partial charge is 0.489 e. The number of amides is 2. The highest BCUT2D eigenvalue weighted by Gasteiger charge is 2.30. The summed E-state index contributed by atoms with van der Waals surface area (Å²) in [5, 5.41) is 3.61. The van der Waals surface area contributed by atoms with E-state index < -0.39 is 28.5 Å². The summed E-state index contributed by atoms with van der Waals surface area (Å²) in [6.45, 7) is 3.91. The number of sulfonamides is 1. The van der Waals surface area contributed by atoms with Crippen LogP contribution >= 0.6 is 23.2 Å². The van der Waals surface area contributed by atoms with E-state index in [0.717, 1.165) is 29.0 Å².